The van der Waals surface area contributed by atoms with Crippen LogP contribution in [0.15, 0.2) is 24.5 Å². The van der Waals surface area contributed by atoms with Gasteiger partial charge in [0, 0.05) is 30.2 Å². The lowest BCUT2D eigenvalue weighted by Crippen LogP contribution is -1.96. The Morgan fingerprint density at radius 3 is 3.00 bits per heavy atom. The quantitative estimate of drug-likeness (QED) is 0.655. The van der Waals surface area contributed by atoms with Crippen molar-refractivity contribution in [1.29, 1.82) is 0 Å². The molecule has 7 heteroatoms. The Balaban J connectivity index is 1.94. The molecule has 2 rings (SSSR count). The van der Waals surface area contributed by atoms with Gasteiger partial charge in [-0.2, -0.15) is 5.10 Å². The zero-order valence-electron chi connectivity index (χ0n) is 9.29. The standard InChI is InChI=1S/C10H12N4O2S/c1-2-13-7-8(5-12-13)11-6-9-3-4-10(17-9)14(15)16/h3-5,7,11H,2,6H2,1H3. The maximum absolute atomic E-state index is 10.5. The van der Waals surface area contributed by atoms with Crippen LogP contribution in [0.2, 0.25) is 0 Å². The van der Waals surface area contributed by atoms with Crippen molar-refractivity contribution < 1.29 is 4.92 Å². The monoisotopic (exact) mass is 252 g/mol. The molecular weight excluding hydrogens is 240 g/mol. The van der Waals surface area contributed by atoms with Crippen LogP contribution in [0.4, 0.5) is 10.7 Å². The molecule has 0 unspecified atom stereocenters. The molecule has 2 aromatic rings. The number of aromatic nitrogens is 2. The van der Waals surface area contributed by atoms with E-state index in [2.05, 4.69) is 10.4 Å². The Bertz CT molecular complexity index is 520. The molecule has 0 saturated carbocycles. The van der Waals surface area contributed by atoms with E-state index >= 15 is 0 Å². The van der Waals surface area contributed by atoms with Gasteiger partial charge in [-0.1, -0.05) is 11.3 Å². The highest BCUT2D eigenvalue weighted by molar-refractivity contribution is 7.15. The summed E-state index contributed by atoms with van der Waals surface area (Å²) >= 11 is 1.18. The van der Waals surface area contributed by atoms with Crippen molar-refractivity contribution in [2.24, 2.45) is 0 Å². The van der Waals surface area contributed by atoms with Gasteiger partial charge < -0.3 is 5.32 Å². The predicted molar refractivity (Wildman–Crippen MR) is 66.2 cm³/mol. The molecule has 0 atom stereocenters. The van der Waals surface area contributed by atoms with Gasteiger partial charge in [-0.25, -0.2) is 0 Å². The van der Waals surface area contributed by atoms with Crippen molar-refractivity contribution in [2.45, 2.75) is 20.0 Å². The molecule has 0 aliphatic carbocycles. The first-order valence-electron chi connectivity index (χ1n) is 5.18. The number of aryl methyl sites for hydroxylation is 1. The van der Waals surface area contributed by atoms with E-state index in [0.717, 1.165) is 17.1 Å². The summed E-state index contributed by atoms with van der Waals surface area (Å²) in [5, 5.41) is 18.0. The summed E-state index contributed by atoms with van der Waals surface area (Å²) in [7, 11) is 0. The highest BCUT2D eigenvalue weighted by atomic mass is 32.1. The average molecular weight is 252 g/mol. The fourth-order valence-corrected chi connectivity index (χ4v) is 2.14. The number of nitro groups is 1. The van der Waals surface area contributed by atoms with Gasteiger partial charge in [0.05, 0.1) is 16.8 Å². The second kappa shape index (κ2) is 4.96. The summed E-state index contributed by atoms with van der Waals surface area (Å²) < 4.78 is 1.82. The van der Waals surface area contributed by atoms with E-state index in [1.165, 1.54) is 17.4 Å². The van der Waals surface area contributed by atoms with Gasteiger partial charge in [0.2, 0.25) is 0 Å². The van der Waals surface area contributed by atoms with Crippen LogP contribution in [-0.2, 0) is 13.1 Å². The minimum Gasteiger partial charge on any atom is -0.378 e. The van der Waals surface area contributed by atoms with Gasteiger partial charge in [-0.05, 0) is 13.0 Å². The zero-order chi connectivity index (χ0) is 12.3. The van der Waals surface area contributed by atoms with Crippen LogP contribution in [0.1, 0.15) is 11.8 Å². The van der Waals surface area contributed by atoms with Crippen LogP contribution in [0.25, 0.3) is 0 Å². The second-order valence-electron chi connectivity index (χ2n) is 3.44. The van der Waals surface area contributed by atoms with E-state index in [1.54, 1.807) is 12.3 Å². The molecule has 0 amide bonds. The Morgan fingerprint density at radius 2 is 2.41 bits per heavy atom. The predicted octanol–water partition coefficient (Wildman–Crippen LogP) is 2.48. The largest absolute Gasteiger partial charge is 0.378 e. The molecule has 90 valence electrons. The van der Waals surface area contributed by atoms with Gasteiger partial charge in [0.25, 0.3) is 0 Å². The smallest absolute Gasteiger partial charge is 0.324 e. The van der Waals surface area contributed by atoms with Gasteiger partial charge in [-0.3, -0.25) is 14.8 Å². The van der Waals surface area contributed by atoms with E-state index in [0.29, 0.717) is 6.54 Å². The number of hydrogen-bond donors (Lipinski definition) is 1. The molecule has 2 aromatic heterocycles. The SMILES string of the molecule is CCn1cc(NCc2ccc([N+](=O)[O-])s2)cn1. The summed E-state index contributed by atoms with van der Waals surface area (Å²) in [5.41, 5.74) is 0.919. The van der Waals surface area contributed by atoms with Gasteiger partial charge in [-0.15, -0.1) is 0 Å². The molecule has 0 aromatic carbocycles. The normalized spacial score (nSPS) is 10.4. The van der Waals surface area contributed by atoms with Crippen LogP contribution in [0.5, 0.6) is 0 Å². The third-order valence-corrected chi connectivity index (χ3v) is 3.29. The number of hydrogen-bond acceptors (Lipinski definition) is 5. The number of nitrogens with one attached hydrogen (secondary N) is 1. The minimum atomic E-state index is -0.372. The lowest BCUT2D eigenvalue weighted by Gasteiger charge is -1.99. The van der Waals surface area contributed by atoms with Crippen LogP contribution in [0.3, 0.4) is 0 Å². The maximum atomic E-state index is 10.5. The minimum absolute atomic E-state index is 0.172. The molecule has 6 nitrogen and oxygen atoms in total. The Hall–Kier alpha value is -1.89. The first-order valence-corrected chi connectivity index (χ1v) is 6.00. The molecule has 0 fully saturated rings. The van der Waals surface area contributed by atoms with Crippen molar-refractivity contribution in [3.05, 3.63) is 39.5 Å². The molecule has 0 bridgehead atoms. The molecule has 0 spiro atoms. The fourth-order valence-electron chi connectivity index (χ4n) is 1.38. The summed E-state index contributed by atoms with van der Waals surface area (Å²) in [6.07, 6.45) is 3.65. The summed E-state index contributed by atoms with van der Waals surface area (Å²) in [6.45, 7) is 3.42. The second-order valence-corrected chi connectivity index (χ2v) is 4.58. The van der Waals surface area contributed by atoms with E-state index in [-0.39, 0.29) is 9.92 Å². The van der Waals surface area contributed by atoms with Crippen LogP contribution >= 0.6 is 11.3 Å². The third kappa shape index (κ3) is 2.82. The van der Waals surface area contributed by atoms with Crippen molar-refractivity contribution in [1.82, 2.24) is 9.78 Å². The number of rotatable bonds is 5. The van der Waals surface area contributed by atoms with E-state index in [4.69, 9.17) is 0 Å². The average Bonchev–Trinajstić information content (AvgIpc) is 2.95. The third-order valence-electron chi connectivity index (χ3n) is 2.25. The molecule has 1 N–H and O–H groups in total. The van der Waals surface area contributed by atoms with E-state index in [1.807, 2.05) is 17.8 Å². The van der Waals surface area contributed by atoms with Gasteiger partial charge in [0.1, 0.15) is 0 Å². The van der Waals surface area contributed by atoms with Crippen LogP contribution in [-0.4, -0.2) is 14.7 Å². The van der Waals surface area contributed by atoms with Gasteiger partial charge >= 0.3 is 5.00 Å². The molecule has 0 aliphatic heterocycles. The van der Waals surface area contributed by atoms with Crippen molar-refractivity contribution in [2.75, 3.05) is 5.32 Å². The van der Waals surface area contributed by atoms with Crippen molar-refractivity contribution >= 4 is 22.0 Å². The Labute approximate surface area is 102 Å². The highest BCUT2D eigenvalue weighted by Gasteiger charge is 2.09. The summed E-state index contributed by atoms with van der Waals surface area (Å²) in [5.74, 6) is 0. The fraction of sp³-hybridized carbons (Fsp3) is 0.300. The first kappa shape index (κ1) is 11.6. The van der Waals surface area contributed by atoms with Crippen LogP contribution in [0, 0.1) is 10.1 Å². The Kier molecular flexibility index (Phi) is 3.38. The molecule has 0 radical (unpaired) electrons. The summed E-state index contributed by atoms with van der Waals surface area (Å²) in [4.78, 5) is 11.1. The topological polar surface area (TPSA) is 73.0 Å². The zero-order valence-corrected chi connectivity index (χ0v) is 10.1. The number of thiophene rings is 1. The molecule has 2 heterocycles. The maximum Gasteiger partial charge on any atom is 0.324 e. The Morgan fingerprint density at radius 1 is 1.59 bits per heavy atom. The van der Waals surface area contributed by atoms with Gasteiger partial charge in [0.15, 0.2) is 0 Å². The lowest BCUT2D eigenvalue weighted by molar-refractivity contribution is -0.380. The highest BCUT2D eigenvalue weighted by Crippen LogP contribution is 2.24. The van der Waals surface area contributed by atoms with Crippen LogP contribution < -0.4 is 5.32 Å². The lowest BCUT2D eigenvalue weighted by atomic mass is 10.4. The summed E-state index contributed by atoms with van der Waals surface area (Å²) in [6, 6.07) is 3.29. The molecule has 0 aliphatic rings. The number of anilines is 1. The van der Waals surface area contributed by atoms with Crippen molar-refractivity contribution in [3.63, 3.8) is 0 Å². The first-order chi connectivity index (χ1) is 8.19. The van der Waals surface area contributed by atoms with E-state index < -0.39 is 0 Å². The molecular formula is C10H12N4O2S. The van der Waals surface area contributed by atoms with E-state index in [9.17, 15) is 10.1 Å². The van der Waals surface area contributed by atoms with Crippen molar-refractivity contribution in [3.8, 4) is 0 Å². The number of nitrogens with zero attached hydrogens (tertiary/aromatic N) is 3. The molecule has 17 heavy (non-hydrogen) atoms. The molecule has 0 saturated heterocycles.